The van der Waals surface area contributed by atoms with Gasteiger partial charge in [0.05, 0.1) is 15.9 Å². The van der Waals surface area contributed by atoms with Crippen molar-refractivity contribution < 1.29 is 0 Å². The van der Waals surface area contributed by atoms with Crippen LogP contribution in [0.2, 0.25) is 0 Å². The Morgan fingerprint density at radius 2 is 1.85 bits per heavy atom. The second-order valence-corrected chi connectivity index (χ2v) is 6.36. The predicted molar refractivity (Wildman–Crippen MR) is 89.4 cm³/mol. The number of aromatic nitrogens is 2. The summed E-state index contributed by atoms with van der Waals surface area (Å²) in [6, 6.07) is 8.52. The molecule has 0 saturated carbocycles. The highest BCUT2D eigenvalue weighted by atomic mass is 79.9. The van der Waals surface area contributed by atoms with Crippen molar-refractivity contribution in [2.45, 2.75) is 31.4 Å². The molecule has 0 aliphatic rings. The molecule has 20 heavy (non-hydrogen) atoms. The zero-order valence-electron chi connectivity index (χ0n) is 11.9. The summed E-state index contributed by atoms with van der Waals surface area (Å²) >= 11 is 5.28. The average molecular weight is 352 g/mol. The zero-order chi connectivity index (χ0) is 14.5. The summed E-state index contributed by atoms with van der Waals surface area (Å²) in [4.78, 5) is 10.3. The molecule has 0 bridgehead atoms. The lowest BCUT2D eigenvalue weighted by atomic mass is 10.2. The van der Waals surface area contributed by atoms with Crippen LogP contribution in [-0.4, -0.2) is 16.5 Å². The Hall–Kier alpha value is -1.07. The third-order valence-corrected chi connectivity index (χ3v) is 4.75. The second kappa shape index (κ2) is 7.09. The molecule has 2 rings (SSSR count). The topological polar surface area (TPSA) is 37.8 Å². The molecule has 0 fully saturated rings. The van der Waals surface area contributed by atoms with Crippen LogP contribution in [0.1, 0.15) is 24.0 Å². The number of halogens is 1. The van der Waals surface area contributed by atoms with Crippen molar-refractivity contribution >= 4 is 33.5 Å². The van der Waals surface area contributed by atoms with Gasteiger partial charge in [0.15, 0.2) is 0 Å². The van der Waals surface area contributed by atoms with E-state index >= 15 is 0 Å². The minimum atomic E-state index is 0.773. The molecule has 3 nitrogen and oxygen atoms in total. The summed E-state index contributed by atoms with van der Waals surface area (Å²) in [5.74, 6) is 2.50. The van der Waals surface area contributed by atoms with Crippen LogP contribution in [0.15, 0.2) is 33.6 Å². The maximum Gasteiger partial charge on any atom is 0.144 e. The molecule has 106 valence electrons. The molecular formula is C15H18BrN3S. The Morgan fingerprint density at radius 3 is 2.50 bits per heavy atom. The first-order valence-corrected chi connectivity index (χ1v) is 8.34. The van der Waals surface area contributed by atoms with Gasteiger partial charge in [-0.15, -0.1) is 11.8 Å². The molecule has 0 aliphatic heterocycles. The van der Waals surface area contributed by atoms with E-state index in [0.29, 0.717) is 0 Å². The first-order chi connectivity index (χ1) is 9.60. The third-order valence-electron chi connectivity index (χ3n) is 2.80. The van der Waals surface area contributed by atoms with Crippen molar-refractivity contribution in [3.63, 3.8) is 0 Å². The standard InChI is InChI=1S/C15H18BrN3S/c1-4-17-15-14(16)11(3)18-13(19-15)9-20-12-7-5-10(2)6-8-12/h5-8H,4,9H2,1-3H3,(H,17,18,19). The molecule has 0 amide bonds. The number of nitrogens with one attached hydrogen (secondary N) is 1. The van der Waals surface area contributed by atoms with Gasteiger partial charge in [-0.05, 0) is 48.8 Å². The second-order valence-electron chi connectivity index (χ2n) is 4.52. The Kier molecular flexibility index (Phi) is 5.43. The van der Waals surface area contributed by atoms with E-state index in [1.54, 1.807) is 11.8 Å². The molecule has 0 atom stereocenters. The summed E-state index contributed by atoms with van der Waals surface area (Å²) in [6.45, 7) is 7.00. The van der Waals surface area contributed by atoms with Gasteiger partial charge in [-0.2, -0.15) is 0 Å². The van der Waals surface area contributed by atoms with Crippen molar-refractivity contribution in [2.24, 2.45) is 0 Å². The maximum atomic E-state index is 4.57. The molecule has 0 unspecified atom stereocenters. The van der Waals surface area contributed by atoms with Crippen LogP contribution in [0.3, 0.4) is 0 Å². The van der Waals surface area contributed by atoms with Crippen LogP contribution in [0.5, 0.6) is 0 Å². The van der Waals surface area contributed by atoms with Crippen LogP contribution < -0.4 is 5.32 Å². The largest absolute Gasteiger partial charge is 0.369 e. The molecule has 0 radical (unpaired) electrons. The van der Waals surface area contributed by atoms with Gasteiger partial charge >= 0.3 is 0 Å². The molecule has 1 heterocycles. The van der Waals surface area contributed by atoms with Crippen molar-refractivity contribution in [1.29, 1.82) is 0 Å². The first kappa shape index (κ1) is 15.3. The van der Waals surface area contributed by atoms with Gasteiger partial charge in [0, 0.05) is 11.4 Å². The van der Waals surface area contributed by atoms with Gasteiger partial charge in [0.2, 0.25) is 0 Å². The van der Waals surface area contributed by atoms with Gasteiger partial charge in [-0.25, -0.2) is 9.97 Å². The Bertz CT molecular complexity index is 584. The fraction of sp³-hybridized carbons (Fsp3) is 0.333. The summed E-state index contributed by atoms with van der Waals surface area (Å²) < 4.78 is 0.948. The van der Waals surface area contributed by atoms with Gasteiger partial charge in [0.25, 0.3) is 0 Å². The summed E-state index contributed by atoms with van der Waals surface area (Å²) in [5, 5.41) is 3.26. The van der Waals surface area contributed by atoms with E-state index in [0.717, 1.165) is 34.1 Å². The zero-order valence-corrected chi connectivity index (χ0v) is 14.3. The fourth-order valence-electron chi connectivity index (χ4n) is 1.75. The van der Waals surface area contributed by atoms with Gasteiger partial charge in [-0.1, -0.05) is 17.7 Å². The number of hydrogen-bond acceptors (Lipinski definition) is 4. The highest BCUT2D eigenvalue weighted by Gasteiger charge is 2.09. The molecular weight excluding hydrogens is 334 g/mol. The van der Waals surface area contributed by atoms with Crippen LogP contribution in [0.25, 0.3) is 0 Å². The first-order valence-electron chi connectivity index (χ1n) is 6.56. The van der Waals surface area contributed by atoms with Crippen molar-refractivity contribution in [3.05, 3.63) is 45.8 Å². The molecule has 5 heteroatoms. The third kappa shape index (κ3) is 3.96. The molecule has 0 aliphatic carbocycles. The van der Waals surface area contributed by atoms with Gasteiger partial charge in [0.1, 0.15) is 11.6 Å². The molecule has 1 aromatic heterocycles. The summed E-state index contributed by atoms with van der Waals surface area (Å²) in [5.41, 5.74) is 2.25. The fourth-order valence-corrected chi connectivity index (χ4v) is 2.82. The van der Waals surface area contributed by atoms with Gasteiger partial charge < -0.3 is 5.32 Å². The molecule has 1 N–H and O–H groups in total. The minimum Gasteiger partial charge on any atom is -0.369 e. The minimum absolute atomic E-state index is 0.773. The quantitative estimate of drug-likeness (QED) is 0.800. The van der Waals surface area contributed by atoms with E-state index in [2.05, 4.69) is 69.3 Å². The monoisotopic (exact) mass is 351 g/mol. The lowest BCUT2D eigenvalue weighted by Gasteiger charge is -2.10. The van der Waals surface area contributed by atoms with E-state index in [9.17, 15) is 0 Å². The number of aryl methyl sites for hydroxylation is 2. The number of nitrogens with zero attached hydrogens (tertiary/aromatic N) is 2. The number of anilines is 1. The highest BCUT2D eigenvalue weighted by Crippen LogP contribution is 2.26. The van der Waals surface area contributed by atoms with Gasteiger partial charge in [-0.3, -0.25) is 0 Å². The Balaban J connectivity index is 2.11. The van der Waals surface area contributed by atoms with Crippen LogP contribution in [0, 0.1) is 13.8 Å². The average Bonchev–Trinajstić information content (AvgIpc) is 2.44. The summed E-state index contributed by atoms with van der Waals surface area (Å²) in [6.07, 6.45) is 0. The lowest BCUT2D eigenvalue weighted by Crippen LogP contribution is -2.05. The number of thioether (sulfide) groups is 1. The smallest absolute Gasteiger partial charge is 0.144 e. The number of benzene rings is 1. The normalized spacial score (nSPS) is 10.6. The van der Waals surface area contributed by atoms with Crippen molar-refractivity contribution in [3.8, 4) is 0 Å². The van der Waals surface area contributed by atoms with Crippen LogP contribution in [0.4, 0.5) is 5.82 Å². The van der Waals surface area contributed by atoms with Crippen LogP contribution >= 0.6 is 27.7 Å². The van der Waals surface area contributed by atoms with Crippen molar-refractivity contribution in [1.82, 2.24) is 9.97 Å². The Labute approximate surface area is 132 Å². The number of hydrogen-bond donors (Lipinski definition) is 1. The summed E-state index contributed by atoms with van der Waals surface area (Å²) in [7, 11) is 0. The van der Waals surface area contributed by atoms with E-state index in [-0.39, 0.29) is 0 Å². The van der Waals surface area contributed by atoms with Crippen LogP contribution in [-0.2, 0) is 5.75 Å². The van der Waals surface area contributed by atoms with E-state index in [1.165, 1.54) is 10.5 Å². The SMILES string of the molecule is CCNc1nc(CSc2ccc(C)cc2)nc(C)c1Br. The van der Waals surface area contributed by atoms with E-state index < -0.39 is 0 Å². The molecule has 0 saturated heterocycles. The van der Waals surface area contributed by atoms with E-state index in [1.807, 2.05) is 6.92 Å². The highest BCUT2D eigenvalue weighted by molar-refractivity contribution is 9.10. The maximum absolute atomic E-state index is 4.57. The Morgan fingerprint density at radius 1 is 1.15 bits per heavy atom. The van der Waals surface area contributed by atoms with E-state index in [4.69, 9.17) is 0 Å². The number of rotatable bonds is 5. The molecule has 2 aromatic rings. The molecule has 0 spiro atoms. The molecule has 1 aromatic carbocycles. The lowest BCUT2D eigenvalue weighted by molar-refractivity contribution is 0.975. The van der Waals surface area contributed by atoms with Crippen molar-refractivity contribution in [2.75, 3.05) is 11.9 Å². The predicted octanol–water partition coefficient (Wildman–Crippen LogP) is 4.58.